The SMILES string of the molecule is CCOC(=O)c1ncc(-c2ccc3c(c2)CN(C2CCC(=O)NC2=O)C3=O)nc1N. The lowest BCUT2D eigenvalue weighted by Crippen LogP contribution is -2.52. The number of aromatic nitrogens is 2. The normalized spacial score (nSPS) is 18.2. The number of hydrogen-bond acceptors (Lipinski definition) is 8. The Balaban J connectivity index is 1.59. The Morgan fingerprint density at radius 2 is 2.13 bits per heavy atom. The fraction of sp³-hybridized carbons (Fsp3) is 0.300. The molecular weight excluding hydrogens is 390 g/mol. The topological polar surface area (TPSA) is 145 Å². The van der Waals surface area contributed by atoms with E-state index >= 15 is 0 Å². The van der Waals surface area contributed by atoms with Gasteiger partial charge < -0.3 is 15.4 Å². The summed E-state index contributed by atoms with van der Waals surface area (Å²) in [5, 5.41) is 2.28. The molecular formula is C20H19N5O5. The molecule has 1 atom stereocenters. The number of rotatable bonds is 4. The monoisotopic (exact) mass is 409 g/mol. The van der Waals surface area contributed by atoms with Crippen LogP contribution in [0.15, 0.2) is 24.4 Å². The molecule has 0 spiro atoms. The zero-order valence-corrected chi connectivity index (χ0v) is 16.2. The molecule has 4 rings (SSSR count). The van der Waals surface area contributed by atoms with Crippen molar-refractivity contribution in [2.24, 2.45) is 0 Å². The number of ether oxygens (including phenoxy) is 1. The van der Waals surface area contributed by atoms with Crippen LogP contribution in [0.4, 0.5) is 5.82 Å². The Bertz CT molecular complexity index is 1080. The van der Waals surface area contributed by atoms with Gasteiger partial charge in [-0.3, -0.25) is 19.7 Å². The number of piperidine rings is 1. The zero-order chi connectivity index (χ0) is 21.4. The summed E-state index contributed by atoms with van der Waals surface area (Å²) >= 11 is 0. The van der Waals surface area contributed by atoms with Crippen molar-refractivity contribution in [3.63, 3.8) is 0 Å². The number of nitrogen functional groups attached to an aromatic ring is 1. The van der Waals surface area contributed by atoms with Gasteiger partial charge in [0.25, 0.3) is 5.91 Å². The minimum atomic E-state index is -0.676. The minimum absolute atomic E-state index is 0.0484. The average molecular weight is 409 g/mol. The van der Waals surface area contributed by atoms with Crippen molar-refractivity contribution >= 4 is 29.5 Å². The summed E-state index contributed by atoms with van der Waals surface area (Å²) in [6.07, 6.45) is 1.91. The van der Waals surface area contributed by atoms with Crippen LogP contribution in [0, 0.1) is 0 Å². The second kappa shape index (κ2) is 7.54. The summed E-state index contributed by atoms with van der Waals surface area (Å²) < 4.78 is 4.89. The molecule has 1 aromatic carbocycles. The summed E-state index contributed by atoms with van der Waals surface area (Å²) in [6.45, 7) is 2.13. The van der Waals surface area contributed by atoms with E-state index in [2.05, 4.69) is 15.3 Å². The van der Waals surface area contributed by atoms with Gasteiger partial charge in [-0.05, 0) is 31.0 Å². The smallest absolute Gasteiger partial charge is 0.360 e. The number of amides is 3. The molecule has 3 amide bonds. The molecule has 3 N–H and O–H groups in total. The molecule has 0 radical (unpaired) electrons. The van der Waals surface area contributed by atoms with Crippen LogP contribution in [0.5, 0.6) is 0 Å². The van der Waals surface area contributed by atoms with Crippen molar-refractivity contribution in [1.29, 1.82) is 0 Å². The first-order valence-electron chi connectivity index (χ1n) is 9.46. The molecule has 10 heteroatoms. The van der Waals surface area contributed by atoms with Crippen molar-refractivity contribution in [2.75, 3.05) is 12.3 Å². The van der Waals surface area contributed by atoms with Crippen LogP contribution >= 0.6 is 0 Å². The first kappa shape index (κ1) is 19.5. The van der Waals surface area contributed by atoms with Gasteiger partial charge >= 0.3 is 5.97 Å². The van der Waals surface area contributed by atoms with Gasteiger partial charge in [0.15, 0.2) is 11.5 Å². The molecule has 1 saturated heterocycles. The third-order valence-corrected chi connectivity index (χ3v) is 5.09. The van der Waals surface area contributed by atoms with Crippen molar-refractivity contribution in [3.8, 4) is 11.3 Å². The summed E-state index contributed by atoms with van der Waals surface area (Å²) in [4.78, 5) is 57.9. The first-order chi connectivity index (χ1) is 14.4. The fourth-order valence-electron chi connectivity index (χ4n) is 3.63. The van der Waals surface area contributed by atoms with Gasteiger partial charge in [-0.1, -0.05) is 6.07 Å². The number of nitrogens with two attached hydrogens (primary N) is 1. The Morgan fingerprint density at radius 3 is 2.83 bits per heavy atom. The van der Waals surface area contributed by atoms with Crippen molar-refractivity contribution in [2.45, 2.75) is 32.4 Å². The lowest BCUT2D eigenvalue weighted by atomic mass is 10.0. The van der Waals surface area contributed by atoms with E-state index in [4.69, 9.17) is 10.5 Å². The quantitative estimate of drug-likeness (QED) is 0.553. The van der Waals surface area contributed by atoms with Crippen LogP contribution in [0.1, 0.15) is 46.2 Å². The highest BCUT2D eigenvalue weighted by molar-refractivity contribution is 6.05. The molecule has 1 fully saturated rings. The number of anilines is 1. The van der Waals surface area contributed by atoms with E-state index in [0.717, 1.165) is 5.56 Å². The summed E-state index contributed by atoms with van der Waals surface area (Å²) in [5.74, 6) is -1.73. The van der Waals surface area contributed by atoms with Gasteiger partial charge in [0, 0.05) is 24.1 Å². The summed E-state index contributed by atoms with van der Waals surface area (Å²) in [5.41, 5.74) is 8.14. The summed E-state index contributed by atoms with van der Waals surface area (Å²) in [6, 6.07) is 4.48. The number of carbonyl (C=O) groups excluding carboxylic acids is 4. The number of carbonyl (C=O) groups is 4. The lowest BCUT2D eigenvalue weighted by Gasteiger charge is -2.29. The van der Waals surface area contributed by atoms with Crippen LogP contribution in [-0.4, -0.2) is 51.2 Å². The van der Waals surface area contributed by atoms with Crippen LogP contribution < -0.4 is 11.1 Å². The van der Waals surface area contributed by atoms with Crippen LogP contribution in [0.25, 0.3) is 11.3 Å². The highest BCUT2D eigenvalue weighted by atomic mass is 16.5. The second-order valence-corrected chi connectivity index (χ2v) is 6.98. The molecule has 0 bridgehead atoms. The van der Waals surface area contributed by atoms with Crippen LogP contribution in [0.3, 0.4) is 0 Å². The molecule has 2 aromatic rings. The number of benzene rings is 1. The van der Waals surface area contributed by atoms with Gasteiger partial charge in [0.05, 0.1) is 18.5 Å². The number of nitrogens with one attached hydrogen (secondary N) is 1. The van der Waals surface area contributed by atoms with Crippen LogP contribution in [-0.2, 0) is 20.9 Å². The van der Waals surface area contributed by atoms with Gasteiger partial charge in [-0.15, -0.1) is 0 Å². The third kappa shape index (κ3) is 3.36. The molecule has 0 saturated carbocycles. The molecule has 154 valence electrons. The number of hydrogen-bond donors (Lipinski definition) is 2. The molecule has 2 aliphatic rings. The second-order valence-electron chi connectivity index (χ2n) is 6.98. The molecule has 10 nitrogen and oxygen atoms in total. The zero-order valence-electron chi connectivity index (χ0n) is 16.2. The predicted octanol–water partition coefficient (Wildman–Crippen LogP) is 0.664. The molecule has 0 aliphatic carbocycles. The van der Waals surface area contributed by atoms with Crippen molar-refractivity contribution < 1.29 is 23.9 Å². The maximum atomic E-state index is 12.8. The molecule has 30 heavy (non-hydrogen) atoms. The maximum absolute atomic E-state index is 12.8. The Morgan fingerprint density at radius 1 is 1.33 bits per heavy atom. The standard InChI is InChI=1S/C20H19N5O5/c1-2-30-20(29)16-17(21)23-13(8-22-16)10-3-4-12-11(7-10)9-25(19(12)28)14-5-6-15(26)24-18(14)27/h3-4,7-8,14H,2,5-6,9H2,1H3,(H2,21,23)(H,24,26,27). The van der Waals surface area contributed by atoms with E-state index in [1.54, 1.807) is 25.1 Å². The van der Waals surface area contributed by atoms with Gasteiger partial charge in [-0.25, -0.2) is 14.8 Å². The number of nitrogens with zero attached hydrogens (tertiary/aromatic N) is 3. The molecule has 2 aliphatic heterocycles. The highest BCUT2D eigenvalue weighted by Crippen LogP contribution is 2.31. The van der Waals surface area contributed by atoms with Gasteiger partial charge in [0.1, 0.15) is 6.04 Å². The maximum Gasteiger partial charge on any atom is 0.360 e. The van der Waals surface area contributed by atoms with E-state index in [1.807, 2.05) is 0 Å². The van der Waals surface area contributed by atoms with Crippen molar-refractivity contribution in [1.82, 2.24) is 20.2 Å². The lowest BCUT2D eigenvalue weighted by molar-refractivity contribution is -0.136. The molecule has 3 heterocycles. The van der Waals surface area contributed by atoms with Crippen LogP contribution in [0.2, 0.25) is 0 Å². The Kier molecular flexibility index (Phi) is 4.90. The summed E-state index contributed by atoms with van der Waals surface area (Å²) in [7, 11) is 0. The number of imide groups is 1. The Hall–Kier alpha value is -3.82. The third-order valence-electron chi connectivity index (χ3n) is 5.09. The first-order valence-corrected chi connectivity index (χ1v) is 9.46. The van der Waals surface area contributed by atoms with E-state index in [-0.39, 0.29) is 42.9 Å². The van der Waals surface area contributed by atoms with Gasteiger partial charge in [-0.2, -0.15) is 0 Å². The van der Waals surface area contributed by atoms with E-state index in [9.17, 15) is 19.2 Å². The number of esters is 1. The minimum Gasteiger partial charge on any atom is -0.461 e. The molecule has 1 aromatic heterocycles. The number of fused-ring (bicyclic) bond motifs is 1. The van der Waals surface area contributed by atoms with E-state index in [0.29, 0.717) is 23.2 Å². The van der Waals surface area contributed by atoms with E-state index < -0.39 is 17.9 Å². The predicted molar refractivity (Wildman–Crippen MR) is 104 cm³/mol. The highest BCUT2D eigenvalue weighted by Gasteiger charge is 2.39. The van der Waals surface area contributed by atoms with E-state index in [1.165, 1.54) is 11.1 Å². The Labute approximate surface area is 171 Å². The largest absolute Gasteiger partial charge is 0.461 e. The fourth-order valence-corrected chi connectivity index (χ4v) is 3.63. The van der Waals surface area contributed by atoms with Crippen molar-refractivity contribution in [3.05, 3.63) is 41.2 Å². The molecule has 1 unspecified atom stereocenters. The van der Waals surface area contributed by atoms with Gasteiger partial charge in [0.2, 0.25) is 11.8 Å². The average Bonchev–Trinajstić information content (AvgIpc) is 3.04.